The van der Waals surface area contributed by atoms with Gasteiger partial charge in [-0.25, -0.2) is 23.1 Å². The van der Waals surface area contributed by atoms with Crippen LogP contribution < -0.4 is 31.1 Å². The smallest absolute Gasteiger partial charge is 0.249 e. The van der Waals surface area contributed by atoms with Crippen LogP contribution >= 0.6 is 0 Å². The van der Waals surface area contributed by atoms with Crippen LogP contribution in [0.2, 0.25) is 0 Å². The van der Waals surface area contributed by atoms with E-state index in [1.54, 1.807) is 34.1 Å². The maximum absolute atomic E-state index is 15.7. The summed E-state index contributed by atoms with van der Waals surface area (Å²) in [6.07, 6.45) is 7.81. The lowest BCUT2D eigenvalue weighted by atomic mass is 9.89. The standard InChI is InChI=1S/C43H52F3N9O4/c44-32-23-30(48-35-12-14-38(56)51-42(35)59)11-13-36(32)54-21-17-37(34(46)25-54)53-19-15-26(16-20-53)41(58)49-28-7-9-29(10-8-28)50-43-47-24-33(45)40(52-43)27-4-3-5-31(22-27)55-18-2-1-6-39(55)57/h3-5,11,13,22-24,26,28-29,34-35,37,48H,1-2,6-10,12,14-21,25H2,(H,49,58)(H,47,50,52)(H,51,56,59). The molecule has 1 saturated carbocycles. The van der Waals surface area contributed by atoms with Crippen molar-refractivity contribution in [2.24, 2.45) is 5.92 Å². The second-order valence-corrected chi connectivity index (χ2v) is 16.6. The first kappa shape index (κ1) is 40.5. The first-order chi connectivity index (χ1) is 28.6. The number of imide groups is 1. The highest BCUT2D eigenvalue weighted by Gasteiger charge is 2.38. The molecule has 59 heavy (non-hydrogen) atoms. The van der Waals surface area contributed by atoms with Gasteiger partial charge < -0.3 is 25.8 Å². The average molecular weight is 816 g/mol. The summed E-state index contributed by atoms with van der Waals surface area (Å²) in [7, 11) is 0. The largest absolute Gasteiger partial charge is 0.374 e. The lowest BCUT2D eigenvalue weighted by Gasteiger charge is -2.44. The quantitative estimate of drug-likeness (QED) is 0.198. The van der Waals surface area contributed by atoms with Crippen molar-refractivity contribution in [1.29, 1.82) is 0 Å². The Bertz CT molecular complexity index is 2040. The van der Waals surface area contributed by atoms with Crippen LogP contribution in [0.4, 0.5) is 36.2 Å². The van der Waals surface area contributed by atoms with Crippen molar-refractivity contribution >= 4 is 46.6 Å². The fourth-order valence-electron chi connectivity index (χ4n) is 9.32. The molecule has 5 heterocycles. The molecule has 4 saturated heterocycles. The number of nitrogens with zero attached hydrogens (tertiary/aromatic N) is 5. The first-order valence-electron chi connectivity index (χ1n) is 21.1. The fraction of sp³-hybridized carbons (Fsp3) is 0.535. The van der Waals surface area contributed by atoms with Gasteiger partial charge in [0.15, 0.2) is 5.82 Å². The van der Waals surface area contributed by atoms with Crippen LogP contribution in [0.5, 0.6) is 0 Å². The highest BCUT2D eigenvalue weighted by atomic mass is 19.1. The summed E-state index contributed by atoms with van der Waals surface area (Å²) >= 11 is 0. The van der Waals surface area contributed by atoms with Gasteiger partial charge in [-0.15, -0.1) is 0 Å². The van der Waals surface area contributed by atoms with Gasteiger partial charge in [-0.1, -0.05) is 12.1 Å². The number of halogens is 3. The number of rotatable bonds is 10. The second-order valence-electron chi connectivity index (χ2n) is 16.6. The minimum absolute atomic E-state index is 0.0405. The first-order valence-corrected chi connectivity index (χ1v) is 21.1. The van der Waals surface area contributed by atoms with Gasteiger partial charge in [0.25, 0.3) is 0 Å². The molecule has 314 valence electrons. The van der Waals surface area contributed by atoms with Gasteiger partial charge in [-0.05, 0) is 108 Å². The van der Waals surface area contributed by atoms with Crippen LogP contribution in [0, 0.1) is 17.6 Å². The molecule has 0 radical (unpaired) electrons. The molecule has 3 unspecified atom stereocenters. The molecule has 3 aromatic rings. The lowest BCUT2D eigenvalue weighted by Crippen LogP contribution is -2.55. The molecule has 5 aliphatic rings. The third-order valence-electron chi connectivity index (χ3n) is 12.7. The monoisotopic (exact) mass is 815 g/mol. The number of benzene rings is 2. The Hall–Kier alpha value is -5.25. The van der Waals surface area contributed by atoms with Crippen molar-refractivity contribution in [2.75, 3.05) is 53.2 Å². The Kier molecular flexibility index (Phi) is 12.3. The van der Waals surface area contributed by atoms with Gasteiger partial charge in [-0.3, -0.25) is 29.4 Å². The summed E-state index contributed by atoms with van der Waals surface area (Å²) in [5, 5.41) is 11.9. The molecule has 0 spiro atoms. The van der Waals surface area contributed by atoms with Crippen molar-refractivity contribution in [3.63, 3.8) is 0 Å². The van der Waals surface area contributed by atoms with E-state index in [-0.39, 0.29) is 60.4 Å². The Morgan fingerprint density at radius 1 is 0.814 bits per heavy atom. The SMILES string of the molecule is O=C1CCC(Nc2ccc(N3CCC(N4CCC(C(=O)NC5CCC(Nc6ncc(F)c(-c7cccc(N8CCCCC8=O)c7)n6)CC5)CC4)C(F)C3)c(F)c2)C(=O)N1. The summed E-state index contributed by atoms with van der Waals surface area (Å²) in [6.45, 7) is 2.43. The van der Waals surface area contributed by atoms with Crippen LogP contribution in [-0.2, 0) is 19.2 Å². The number of amides is 4. The van der Waals surface area contributed by atoms with Crippen molar-refractivity contribution in [3.05, 3.63) is 60.3 Å². The summed E-state index contributed by atoms with van der Waals surface area (Å²) in [4.78, 5) is 63.7. The zero-order valence-electron chi connectivity index (χ0n) is 33.1. The fourth-order valence-corrected chi connectivity index (χ4v) is 9.32. The average Bonchev–Trinajstić information content (AvgIpc) is 3.23. The summed E-state index contributed by atoms with van der Waals surface area (Å²) < 4.78 is 45.9. The van der Waals surface area contributed by atoms with Gasteiger partial charge in [0, 0.05) is 66.9 Å². The highest BCUT2D eigenvalue weighted by molar-refractivity contribution is 6.01. The minimum Gasteiger partial charge on any atom is -0.374 e. The molecule has 5 fully saturated rings. The van der Waals surface area contributed by atoms with Crippen LogP contribution in [-0.4, -0.2) is 102 Å². The summed E-state index contributed by atoms with van der Waals surface area (Å²) in [5.41, 5.74) is 2.22. The van der Waals surface area contributed by atoms with E-state index in [1.165, 1.54) is 12.3 Å². The van der Waals surface area contributed by atoms with E-state index in [1.807, 2.05) is 12.1 Å². The number of nitrogens with one attached hydrogen (secondary N) is 4. The number of hydrogen-bond donors (Lipinski definition) is 4. The molecule has 4 amide bonds. The zero-order valence-corrected chi connectivity index (χ0v) is 33.1. The third kappa shape index (κ3) is 9.47. The molecular weight excluding hydrogens is 764 g/mol. The van der Waals surface area contributed by atoms with Crippen LogP contribution in [0.15, 0.2) is 48.7 Å². The van der Waals surface area contributed by atoms with E-state index in [0.717, 1.165) is 44.2 Å². The molecule has 4 aliphatic heterocycles. The topological polar surface area (TPSA) is 152 Å². The van der Waals surface area contributed by atoms with Crippen LogP contribution in [0.3, 0.4) is 0 Å². The van der Waals surface area contributed by atoms with E-state index in [9.17, 15) is 23.6 Å². The van der Waals surface area contributed by atoms with E-state index in [0.29, 0.717) is 81.2 Å². The third-order valence-corrected chi connectivity index (χ3v) is 12.7. The van der Waals surface area contributed by atoms with Crippen molar-refractivity contribution in [3.8, 4) is 11.3 Å². The predicted octanol–water partition coefficient (Wildman–Crippen LogP) is 5.32. The molecule has 4 N–H and O–H groups in total. The minimum atomic E-state index is -1.19. The number of carbonyl (C=O) groups is 4. The number of carbonyl (C=O) groups excluding carboxylic acids is 4. The molecule has 1 aliphatic carbocycles. The molecule has 16 heteroatoms. The number of anilines is 4. The number of hydrogen-bond acceptors (Lipinski definition) is 10. The molecule has 13 nitrogen and oxygen atoms in total. The van der Waals surface area contributed by atoms with Gasteiger partial charge in [0.1, 0.15) is 23.7 Å². The van der Waals surface area contributed by atoms with E-state index < -0.39 is 29.8 Å². The maximum Gasteiger partial charge on any atom is 0.249 e. The number of alkyl halides is 1. The number of likely N-dealkylation sites (tertiary alicyclic amines) is 1. The predicted molar refractivity (Wildman–Crippen MR) is 217 cm³/mol. The van der Waals surface area contributed by atoms with Crippen LogP contribution in [0.1, 0.15) is 77.0 Å². The summed E-state index contributed by atoms with van der Waals surface area (Å²) in [5.74, 6) is -1.50. The Morgan fingerprint density at radius 2 is 1.61 bits per heavy atom. The number of aromatic nitrogens is 2. The number of piperidine rings is 4. The van der Waals surface area contributed by atoms with Crippen molar-refractivity contribution in [2.45, 2.75) is 107 Å². The van der Waals surface area contributed by atoms with Gasteiger partial charge >= 0.3 is 0 Å². The highest BCUT2D eigenvalue weighted by Crippen LogP contribution is 2.32. The molecule has 8 rings (SSSR count). The van der Waals surface area contributed by atoms with Crippen molar-refractivity contribution in [1.82, 2.24) is 25.5 Å². The van der Waals surface area contributed by atoms with Crippen LogP contribution in [0.25, 0.3) is 11.3 Å². The molecule has 0 bridgehead atoms. The van der Waals surface area contributed by atoms with Gasteiger partial charge in [-0.2, -0.15) is 0 Å². The molecule has 1 aromatic heterocycles. The zero-order chi connectivity index (χ0) is 41.0. The van der Waals surface area contributed by atoms with E-state index in [4.69, 9.17) is 0 Å². The summed E-state index contributed by atoms with van der Waals surface area (Å²) in [6, 6.07) is 11.0. The van der Waals surface area contributed by atoms with E-state index in [2.05, 4.69) is 36.1 Å². The van der Waals surface area contributed by atoms with Crippen molar-refractivity contribution < 1.29 is 32.3 Å². The molecule has 2 aromatic carbocycles. The second kappa shape index (κ2) is 17.9. The van der Waals surface area contributed by atoms with Gasteiger partial charge in [0.05, 0.1) is 18.4 Å². The molecular formula is C43H52F3N9O4. The Morgan fingerprint density at radius 3 is 2.36 bits per heavy atom. The van der Waals surface area contributed by atoms with Gasteiger partial charge in [0.2, 0.25) is 29.6 Å². The molecule has 3 atom stereocenters. The Labute approximate surface area is 341 Å². The Balaban J connectivity index is 0.766. The van der Waals surface area contributed by atoms with E-state index >= 15 is 8.78 Å². The lowest BCUT2D eigenvalue weighted by molar-refractivity contribution is -0.133. The maximum atomic E-state index is 15.7. The normalized spacial score (nSPS) is 26.0.